The predicted molar refractivity (Wildman–Crippen MR) is 106 cm³/mol. The summed E-state index contributed by atoms with van der Waals surface area (Å²) in [4.78, 5) is 26.5. The Kier molecular flexibility index (Phi) is 7.65. The average Bonchev–Trinajstić information content (AvgIpc) is 2.63. The van der Waals surface area contributed by atoms with Crippen molar-refractivity contribution in [1.82, 2.24) is 4.90 Å². The lowest BCUT2D eigenvalue weighted by Crippen LogP contribution is -2.49. The van der Waals surface area contributed by atoms with Crippen molar-refractivity contribution in [1.29, 1.82) is 0 Å². The van der Waals surface area contributed by atoms with Gasteiger partial charge in [0.25, 0.3) is 10.1 Å². The van der Waals surface area contributed by atoms with Gasteiger partial charge >= 0.3 is 12.1 Å². The van der Waals surface area contributed by atoms with Crippen molar-refractivity contribution in [2.24, 2.45) is 11.8 Å². The molecule has 0 spiro atoms. The van der Waals surface area contributed by atoms with E-state index in [9.17, 15) is 18.0 Å². The summed E-state index contributed by atoms with van der Waals surface area (Å²) in [6, 6.07) is 9.28. The SMILES string of the molecule is CC(C)(C)OC(=O)N1CC[C@H](C(=O)OCc2ccccc2)[C@@H](COS(C)(=O)=O)C1. The maximum absolute atomic E-state index is 12.6. The van der Waals surface area contributed by atoms with Crippen molar-refractivity contribution in [3.63, 3.8) is 0 Å². The van der Waals surface area contributed by atoms with Gasteiger partial charge in [0.15, 0.2) is 0 Å². The van der Waals surface area contributed by atoms with Crippen molar-refractivity contribution < 1.29 is 31.7 Å². The summed E-state index contributed by atoms with van der Waals surface area (Å²) < 4.78 is 38.6. The number of hydrogen-bond donors (Lipinski definition) is 0. The summed E-state index contributed by atoms with van der Waals surface area (Å²) >= 11 is 0. The fourth-order valence-electron chi connectivity index (χ4n) is 3.05. The molecule has 162 valence electrons. The monoisotopic (exact) mass is 427 g/mol. The Morgan fingerprint density at radius 1 is 1.17 bits per heavy atom. The van der Waals surface area contributed by atoms with Gasteiger partial charge in [-0.25, -0.2) is 4.79 Å². The van der Waals surface area contributed by atoms with Gasteiger partial charge in [-0.3, -0.25) is 8.98 Å². The van der Waals surface area contributed by atoms with E-state index in [0.717, 1.165) is 11.8 Å². The molecular formula is C20H29NO7S. The van der Waals surface area contributed by atoms with Crippen LogP contribution in [0.2, 0.25) is 0 Å². The van der Waals surface area contributed by atoms with E-state index in [2.05, 4.69) is 0 Å². The smallest absolute Gasteiger partial charge is 0.410 e. The largest absolute Gasteiger partial charge is 0.461 e. The van der Waals surface area contributed by atoms with Crippen LogP contribution >= 0.6 is 0 Å². The number of nitrogens with zero attached hydrogens (tertiary/aromatic N) is 1. The highest BCUT2D eigenvalue weighted by Crippen LogP contribution is 2.27. The highest BCUT2D eigenvalue weighted by atomic mass is 32.2. The maximum atomic E-state index is 12.6. The maximum Gasteiger partial charge on any atom is 0.410 e. The second-order valence-electron chi connectivity index (χ2n) is 8.16. The van der Waals surface area contributed by atoms with Crippen LogP contribution in [0.1, 0.15) is 32.8 Å². The molecule has 1 heterocycles. The number of carbonyl (C=O) groups excluding carboxylic acids is 2. The molecule has 1 saturated heterocycles. The average molecular weight is 428 g/mol. The second kappa shape index (κ2) is 9.58. The first-order valence-electron chi connectivity index (χ1n) is 9.47. The zero-order valence-corrected chi connectivity index (χ0v) is 18.1. The number of piperidine rings is 1. The molecule has 1 aromatic carbocycles. The van der Waals surface area contributed by atoms with Gasteiger partial charge in [-0.05, 0) is 32.8 Å². The summed E-state index contributed by atoms with van der Waals surface area (Å²) in [5, 5.41) is 0. The van der Waals surface area contributed by atoms with Crippen LogP contribution in [0, 0.1) is 11.8 Å². The van der Waals surface area contributed by atoms with E-state index in [4.69, 9.17) is 13.7 Å². The Labute approximate surface area is 172 Å². The Hall–Kier alpha value is -2.13. The van der Waals surface area contributed by atoms with Crippen LogP contribution in [0.15, 0.2) is 30.3 Å². The molecule has 0 aromatic heterocycles. The molecule has 0 aliphatic carbocycles. The van der Waals surface area contributed by atoms with Crippen LogP contribution in [0.25, 0.3) is 0 Å². The molecule has 2 rings (SSSR count). The summed E-state index contributed by atoms with van der Waals surface area (Å²) in [7, 11) is -3.68. The molecule has 2 atom stereocenters. The van der Waals surface area contributed by atoms with Crippen molar-refractivity contribution in [2.75, 3.05) is 26.0 Å². The van der Waals surface area contributed by atoms with E-state index >= 15 is 0 Å². The minimum absolute atomic E-state index is 0.131. The highest BCUT2D eigenvalue weighted by molar-refractivity contribution is 7.85. The van der Waals surface area contributed by atoms with Gasteiger partial charge in [-0.1, -0.05) is 30.3 Å². The third-order valence-corrected chi connectivity index (χ3v) is 4.97. The summed E-state index contributed by atoms with van der Waals surface area (Å²) in [5.41, 5.74) is 0.206. The van der Waals surface area contributed by atoms with Gasteiger partial charge in [-0.15, -0.1) is 0 Å². The number of rotatable bonds is 6. The minimum Gasteiger partial charge on any atom is -0.461 e. The second-order valence-corrected chi connectivity index (χ2v) is 9.81. The number of esters is 1. The van der Waals surface area contributed by atoms with E-state index in [1.165, 1.54) is 4.90 Å². The normalized spacial score (nSPS) is 20.2. The van der Waals surface area contributed by atoms with Gasteiger partial charge in [0.05, 0.1) is 18.8 Å². The van der Waals surface area contributed by atoms with Crippen molar-refractivity contribution >= 4 is 22.2 Å². The molecule has 1 aromatic rings. The topological polar surface area (TPSA) is 99.2 Å². The predicted octanol–water partition coefficient (Wildman–Crippen LogP) is 2.58. The Morgan fingerprint density at radius 2 is 1.83 bits per heavy atom. The molecule has 1 amide bonds. The summed E-state index contributed by atoms with van der Waals surface area (Å²) in [6.07, 6.45) is 0.785. The van der Waals surface area contributed by atoms with Crippen LogP contribution in [0.5, 0.6) is 0 Å². The zero-order chi connectivity index (χ0) is 21.7. The van der Waals surface area contributed by atoms with Gasteiger partial charge in [0.1, 0.15) is 12.2 Å². The van der Waals surface area contributed by atoms with Crippen LogP contribution in [0.3, 0.4) is 0 Å². The van der Waals surface area contributed by atoms with E-state index in [1.54, 1.807) is 20.8 Å². The summed E-state index contributed by atoms with van der Waals surface area (Å²) in [5.74, 6) is -1.52. The first kappa shape index (κ1) is 23.2. The Balaban J connectivity index is 2.04. The van der Waals surface area contributed by atoms with Gasteiger partial charge in [0.2, 0.25) is 0 Å². The molecule has 0 unspecified atom stereocenters. The van der Waals surface area contributed by atoms with Crippen LogP contribution < -0.4 is 0 Å². The van der Waals surface area contributed by atoms with Crippen molar-refractivity contribution in [2.45, 2.75) is 39.4 Å². The van der Waals surface area contributed by atoms with Gasteiger partial charge < -0.3 is 14.4 Å². The lowest BCUT2D eigenvalue weighted by Gasteiger charge is -2.37. The number of amides is 1. The van der Waals surface area contributed by atoms with Gasteiger partial charge in [0, 0.05) is 19.0 Å². The zero-order valence-electron chi connectivity index (χ0n) is 17.3. The fourth-order valence-corrected chi connectivity index (χ4v) is 3.47. The molecule has 0 radical (unpaired) electrons. The number of carbonyl (C=O) groups is 2. The molecule has 0 N–H and O–H groups in total. The number of hydrogen-bond acceptors (Lipinski definition) is 7. The highest BCUT2D eigenvalue weighted by Gasteiger charge is 2.38. The van der Waals surface area contributed by atoms with E-state index < -0.39 is 39.6 Å². The molecule has 1 aliphatic rings. The van der Waals surface area contributed by atoms with Crippen molar-refractivity contribution in [3.8, 4) is 0 Å². The molecule has 1 fully saturated rings. The molecule has 0 saturated carbocycles. The quantitative estimate of drug-likeness (QED) is 0.508. The molecular weight excluding hydrogens is 398 g/mol. The third kappa shape index (κ3) is 8.02. The summed E-state index contributed by atoms with van der Waals surface area (Å²) in [6.45, 7) is 5.69. The molecule has 29 heavy (non-hydrogen) atoms. The lowest BCUT2D eigenvalue weighted by molar-refractivity contribution is -0.154. The number of ether oxygens (including phenoxy) is 2. The Bertz CT molecular complexity index is 802. The van der Waals surface area contributed by atoms with Crippen LogP contribution in [-0.2, 0) is 35.2 Å². The van der Waals surface area contributed by atoms with Crippen LogP contribution in [0.4, 0.5) is 4.79 Å². The lowest BCUT2D eigenvalue weighted by atomic mass is 9.86. The number of benzene rings is 1. The van der Waals surface area contributed by atoms with Gasteiger partial charge in [-0.2, -0.15) is 8.42 Å². The minimum atomic E-state index is -3.68. The number of likely N-dealkylation sites (tertiary alicyclic amines) is 1. The standard InChI is InChI=1S/C20H29NO7S/c1-20(2,3)28-19(23)21-11-10-17(16(12-21)14-27-29(4,24)25)18(22)26-13-15-8-6-5-7-9-15/h5-9,16-17H,10-14H2,1-4H3/t16-,17+/m1/s1. The van der Waals surface area contributed by atoms with Crippen molar-refractivity contribution in [3.05, 3.63) is 35.9 Å². The third-order valence-electron chi connectivity index (χ3n) is 4.41. The molecule has 8 nitrogen and oxygen atoms in total. The fraction of sp³-hybridized carbons (Fsp3) is 0.600. The first-order chi connectivity index (χ1) is 13.4. The van der Waals surface area contributed by atoms with E-state index in [1.807, 2.05) is 30.3 Å². The molecule has 1 aliphatic heterocycles. The molecule has 0 bridgehead atoms. The van der Waals surface area contributed by atoms with Crippen LogP contribution in [-0.4, -0.2) is 56.9 Å². The molecule has 9 heteroatoms. The first-order valence-corrected chi connectivity index (χ1v) is 11.3. The Morgan fingerprint density at radius 3 is 2.41 bits per heavy atom. The van der Waals surface area contributed by atoms with E-state index in [0.29, 0.717) is 13.0 Å². The van der Waals surface area contributed by atoms with E-state index in [-0.39, 0.29) is 19.8 Å².